The number of fused-ring (bicyclic) bond motifs is 7. The van der Waals surface area contributed by atoms with Gasteiger partial charge in [-0.3, -0.25) is 0 Å². The highest BCUT2D eigenvalue weighted by atomic mass is 16.3. The topological polar surface area (TPSA) is 38.9 Å². The van der Waals surface area contributed by atoms with Crippen molar-refractivity contribution in [1.29, 1.82) is 0 Å². The molecule has 280 valence electrons. The molecule has 3 nitrogen and oxygen atoms in total. The van der Waals surface area contributed by atoms with E-state index in [-0.39, 0.29) is 0 Å². The number of furan rings is 1. The zero-order chi connectivity index (χ0) is 39.6. The minimum atomic E-state index is -0.524. The standard InChI is InChI=1S/C57H36N2O/c1-3-17-42(18-4-1)57(43-19-5-2-6-20-43)50-25-13-11-22-45(50)46-31-29-40(35-51(46)57)52-36-53(59-56(58-52)41-28-27-37-15-7-8-16-38(37)33-41)47-23-10-9-21-44(47)39-30-32-55-49(34-39)48-24-12-14-26-54(48)60-55/h1-36H. The number of nitrogens with zero attached hydrogens (tertiary/aromatic N) is 2. The van der Waals surface area contributed by atoms with E-state index in [2.05, 4.69) is 206 Å². The monoisotopic (exact) mass is 764 g/mol. The van der Waals surface area contributed by atoms with Gasteiger partial charge in [0.1, 0.15) is 11.2 Å². The zero-order valence-electron chi connectivity index (χ0n) is 32.6. The molecule has 0 atom stereocenters. The highest BCUT2D eigenvalue weighted by Crippen LogP contribution is 2.56. The Kier molecular flexibility index (Phi) is 7.76. The molecule has 0 fully saturated rings. The SMILES string of the molecule is c1ccc(C2(c3ccccc3)c3ccccc3-c3ccc(-c4cc(-c5ccccc5-c5ccc6oc7ccccc7c6c5)nc(-c5ccc6ccccc6c5)n4)cc32)cc1. The van der Waals surface area contributed by atoms with Gasteiger partial charge in [0.05, 0.1) is 16.8 Å². The first-order chi connectivity index (χ1) is 29.7. The molecule has 0 unspecified atom stereocenters. The van der Waals surface area contributed by atoms with Crippen LogP contribution in [0.1, 0.15) is 22.3 Å². The first-order valence-corrected chi connectivity index (χ1v) is 20.5. The van der Waals surface area contributed by atoms with Gasteiger partial charge in [-0.05, 0) is 91.7 Å². The maximum absolute atomic E-state index is 6.22. The molecule has 0 bridgehead atoms. The van der Waals surface area contributed by atoms with Gasteiger partial charge in [0.15, 0.2) is 5.82 Å². The first-order valence-electron chi connectivity index (χ1n) is 20.5. The van der Waals surface area contributed by atoms with Gasteiger partial charge in [0, 0.05) is 27.5 Å². The molecule has 0 saturated heterocycles. The van der Waals surface area contributed by atoms with Gasteiger partial charge in [-0.15, -0.1) is 0 Å². The van der Waals surface area contributed by atoms with E-state index in [9.17, 15) is 0 Å². The summed E-state index contributed by atoms with van der Waals surface area (Å²) >= 11 is 0. The Morgan fingerprint density at radius 3 is 1.75 bits per heavy atom. The van der Waals surface area contributed by atoms with E-state index in [0.29, 0.717) is 5.82 Å². The van der Waals surface area contributed by atoms with Crippen LogP contribution in [0.2, 0.25) is 0 Å². The number of benzene rings is 9. The molecule has 9 aromatic carbocycles. The number of rotatable bonds is 6. The Morgan fingerprint density at radius 1 is 0.333 bits per heavy atom. The van der Waals surface area contributed by atoms with Crippen LogP contribution in [0.25, 0.3) is 88.9 Å². The van der Waals surface area contributed by atoms with Crippen LogP contribution in [-0.2, 0) is 5.41 Å². The van der Waals surface area contributed by atoms with Crippen molar-refractivity contribution in [2.45, 2.75) is 5.41 Å². The zero-order valence-corrected chi connectivity index (χ0v) is 32.6. The fourth-order valence-electron chi connectivity index (χ4n) is 9.65. The summed E-state index contributed by atoms with van der Waals surface area (Å²) in [5.74, 6) is 0.681. The van der Waals surface area contributed by atoms with Gasteiger partial charge in [0.25, 0.3) is 0 Å². The van der Waals surface area contributed by atoms with E-state index in [0.717, 1.165) is 66.5 Å². The lowest BCUT2D eigenvalue weighted by Crippen LogP contribution is -2.28. The van der Waals surface area contributed by atoms with Gasteiger partial charge in [-0.2, -0.15) is 0 Å². The third kappa shape index (κ3) is 5.30. The van der Waals surface area contributed by atoms with Crippen LogP contribution in [0.15, 0.2) is 223 Å². The molecule has 1 aliphatic carbocycles. The Hall–Kier alpha value is -7.88. The number of hydrogen-bond acceptors (Lipinski definition) is 3. The number of aromatic nitrogens is 2. The predicted molar refractivity (Wildman–Crippen MR) is 246 cm³/mol. The summed E-state index contributed by atoms with van der Waals surface area (Å²) in [5, 5.41) is 4.53. The Labute approximate surface area is 347 Å². The van der Waals surface area contributed by atoms with Crippen LogP contribution in [0, 0.1) is 0 Å². The van der Waals surface area contributed by atoms with Gasteiger partial charge in [-0.25, -0.2) is 9.97 Å². The van der Waals surface area contributed by atoms with Crippen molar-refractivity contribution in [3.05, 3.63) is 241 Å². The van der Waals surface area contributed by atoms with Crippen LogP contribution in [-0.4, -0.2) is 9.97 Å². The molecule has 11 aromatic rings. The van der Waals surface area contributed by atoms with E-state index in [1.54, 1.807) is 0 Å². The lowest BCUT2D eigenvalue weighted by atomic mass is 9.67. The van der Waals surface area contributed by atoms with E-state index in [1.165, 1.54) is 38.8 Å². The summed E-state index contributed by atoms with van der Waals surface area (Å²) in [4.78, 5) is 10.8. The lowest BCUT2D eigenvalue weighted by Gasteiger charge is -2.34. The highest BCUT2D eigenvalue weighted by molar-refractivity contribution is 6.06. The van der Waals surface area contributed by atoms with Crippen LogP contribution >= 0.6 is 0 Å². The van der Waals surface area contributed by atoms with E-state index >= 15 is 0 Å². The molecule has 1 aliphatic rings. The third-order valence-electron chi connectivity index (χ3n) is 12.4. The summed E-state index contributed by atoms with van der Waals surface area (Å²) in [7, 11) is 0. The third-order valence-corrected chi connectivity index (χ3v) is 12.4. The van der Waals surface area contributed by atoms with Crippen LogP contribution in [0.5, 0.6) is 0 Å². The molecule has 12 rings (SSSR count). The average Bonchev–Trinajstić information content (AvgIpc) is 3.85. The van der Waals surface area contributed by atoms with Gasteiger partial charge in [0.2, 0.25) is 0 Å². The van der Waals surface area contributed by atoms with Crippen molar-refractivity contribution in [3.8, 4) is 56.2 Å². The van der Waals surface area contributed by atoms with Gasteiger partial charge in [-0.1, -0.05) is 182 Å². The summed E-state index contributed by atoms with van der Waals surface area (Å²) in [6, 6.07) is 78.2. The lowest BCUT2D eigenvalue weighted by molar-refractivity contribution is 0.669. The Bertz CT molecular complexity index is 3400. The fourth-order valence-corrected chi connectivity index (χ4v) is 9.65. The molecule has 0 amide bonds. The van der Waals surface area contributed by atoms with Crippen molar-refractivity contribution in [3.63, 3.8) is 0 Å². The second-order valence-electron chi connectivity index (χ2n) is 15.7. The van der Waals surface area contributed by atoms with E-state index in [4.69, 9.17) is 14.4 Å². The molecule has 0 N–H and O–H groups in total. The van der Waals surface area contributed by atoms with Gasteiger partial charge < -0.3 is 4.42 Å². The van der Waals surface area contributed by atoms with Crippen molar-refractivity contribution < 1.29 is 4.42 Å². The minimum absolute atomic E-state index is 0.524. The normalized spacial score (nSPS) is 12.8. The van der Waals surface area contributed by atoms with Crippen LogP contribution < -0.4 is 0 Å². The average molecular weight is 765 g/mol. The van der Waals surface area contributed by atoms with Crippen LogP contribution in [0.4, 0.5) is 0 Å². The second kappa shape index (κ2) is 13.6. The van der Waals surface area contributed by atoms with Crippen molar-refractivity contribution in [1.82, 2.24) is 9.97 Å². The Morgan fingerprint density at radius 2 is 0.933 bits per heavy atom. The van der Waals surface area contributed by atoms with Crippen molar-refractivity contribution >= 4 is 32.7 Å². The van der Waals surface area contributed by atoms with Crippen molar-refractivity contribution in [2.24, 2.45) is 0 Å². The molecule has 3 heteroatoms. The molecule has 0 saturated carbocycles. The molecular formula is C57H36N2O. The van der Waals surface area contributed by atoms with E-state index < -0.39 is 5.41 Å². The maximum Gasteiger partial charge on any atom is 0.160 e. The largest absolute Gasteiger partial charge is 0.456 e. The van der Waals surface area contributed by atoms with Crippen LogP contribution in [0.3, 0.4) is 0 Å². The number of para-hydroxylation sites is 1. The fraction of sp³-hybridized carbons (Fsp3) is 0.0175. The molecule has 0 spiro atoms. The van der Waals surface area contributed by atoms with Crippen molar-refractivity contribution in [2.75, 3.05) is 0 Å². The summed E-state index contributed by atoms with van der Waals surface area (Å²) in [5.41, 5.74) is 15.7. The first kappa shape index (κ1) is 34.2. The minimum Gasteiger partial charge on any atom is -0.456 e. The molecular weight excluding hydrogens is 729 g/mol. The molecule has 2 aromatic heterocycles. The van der Waals surface area contributed by atoms with Gasteiger partial charge >= 0.3 is 0 Å². The highest BCUT2D eigenvalue weighted by Gasteiger charge is 2.46. The summed E-state index contributed by atoms with van der Waals surface area (Å²) in [6.07, 6.45) is 0. The summed E-state index contributed by atoms with van der Waals surface area (Å²) < 4.78 is 6.22. The Balaban J connectivity index is 1.09. The molecule has 2 heterocycles. The molecule has 0 radical (unpaired) electrons. The number of hydrogen-bond donors (Lipinski definition) is 0. The predicted octanol–water partition coefficient (Wildman–Crippen LogP) is 14.6. The maximum atomic E-state index is 6.22. The smallest absolute Gasteiger partial charge is 0.160 e. The second-order valence-corrected chi connectivity index (χ2v) is 15.7. The summed E-state index contributed by atoms with van der Waals surface area (Å²) in [6.45, 7) is 0. The quantitative estimate of drug-likeness (QED) is 0.169. The molecule has 60 heavy (non-hydrogen) atoms. The van der Waals surface area contributed by atoms with E-state index in [1.807, 2.05) is 12.1 Å². The molecule has 0 aliphatic heterocycles.